The molecule has 28 heavy (non-hydrogen) atoms. The average Bonchev–Trinajstić information content (AvgIpc) is 2.70. The van der Waals surface area contributed by atoms with E-state index in [-0.39, 0.29) is 0 Å². The number of amides is 1. The van der Waals surface area contributed by atoms with Gasteiger partial charge >= 0.3 is 6.09 Å². The molecule has 3 aromatic rings. The van der Waals surface area contributed by atoms with Crippen LogP contribution in [0.15, 0.2) is 65.3 Å². The molecule has 0 saturated heterocycles. The number of para-hydroxylation sites is 1. The van der Waals surface area contributed by atoms with Gasteiger partial charge in [-0.15, -0.1) is 6.42 Å². The van der Waals surface area contributed by atoms with Crippen LogP contribution < -0.4 is 20.7 Å². The summed E-state index contributed by atoms with van der Waals surface area (Å²) < 4.78 is 5.90. The number of benzene rings is 2. The van der Waals surface area contributed by atoms with Crippen molar-refractivity contribution in [2.24, 2.45) is 0 Å². The van der Waals surface area contributed by atoms with Crippen molar-refractivity contribution >= 4 is 45.2 Å². The van der Waals surface area contributed by atoms with Gasteiger partial charge in [-0.05, 0) is 52.3 Å². The summed E-state index contributed by atoms with van der Waals surface area (Å²) in [6, 6.07) is 15.9. The number of hydrogen-bond acceptors (Lipinski definition) is 6. The number of hydrogen-bond donors (Lipinski definition) is 3. The first-order valence-electron chi connectivity index (χ1n) is 8.25. The van der Waals surface area contributed by atoms with Crippen molar-refractivity contribution in [1.29, 1.82) is 0 Å². The second-order valence-corrected chi connectivity index (χ2v) is 6.33. The van der Waals surface area contributed by atoms with E-state index < -0.39 is 6.09 Å². The number of nitrogens with one attached hydrogen (secondary N) is 3. The number of halogens is 1. The van der Waals surface area contributed by atoms with Crippen molar-refractivity contribution in [3.63, 3.8) is 0 Å². The monoisotopic (exact) mass is 437 g/mol. The first-order valence-corrected chi connectivity index (χ1v) is 9.04. The molecule has 1 heterocycles. The second kappa shape index (κ2) is 9.39. The highest BCUT2D eigenvalue weighted by atomic mass is 79.9. The Kier molecular flexibility index (Phi) is 6.44. The average molecular weight is 438 g/mol. The predicted octanol–water partition coefficient (Wildman–Crippen LogP) is 4.64. The first kappa shape index (κ1) is 19.2. The number of carbonyl (C=O) groups excluding carboxylic acids is 1. The molecule has 0 fully saturated rings. The van der Waals surface area contributed by atoms with Crippen molar-refractivity contribution in [3.05, 3.63) is 65.3 Å². The second-order valence-electron chi connectivity index (χ2n) is 5.48. The van der Waals surface area contributed by atoms with Crippen LogP contribution >= 0.6 is 15.9 Å². The van der Waals surface area contributed by atoms with Crippen LogP contribution in [0.4, 0.5) is 27.9 Å². The van der Waals surface area contributed by atoms with E-state index in [4.69, 9.17) is 11.2 Å². The Hall–Kier alpha value is -3.57. The van der Waals surface area contributed by atoms with Crippen molar-refractivity contribution in [2.45, 2.75) is 0 Å². The van der Waals surface area contributed by atoms with E-state index in [0.29, 0.717) is 34.2 Å². The van der Waals surface area contributed by atoms with Crippen LogP contribution in [0, 0.1) is 12.3 Å². The first-order chi connectivity index (χ1) is 13.6. The summed E-state index contributed by atoms with van der Waals surface area (Å²) >= 11 is 3.37. The SMILES string of the molecule is C#CCNc1nc(Nc2ccc(NC(=O)Oc3ccccc3)cc2)ncc1Br. The highest BCUT2D eigenvalue weighted by Gasteiger charge is 2.07. The molecule has 0 aliphatic rings. The third-order valence-corrected chi connectivity index (χ3v) is 4.02. The minimum atomic E-state index is -0.563. The molecule has 3 N–H and O–H groups in total. The molecule has 3 rings (SSSR count). The number of aromatic nitrogens is 2. The smallest absolute Gasteiger partial charge is 0.410 e. The highest BCUT2D eigenvalue weighted by Crippen LogP contribution is 2.22. The molecule has 0 unspecified atom stereocenters. The van der Waals surface area contributed by atoms with E-state index in [0.717, 1.165) is 5.69 Å². The fourth-order valence-electron chi connectivity index (χ4n) is 2.19. The Labute approximate surface area is 170 Å². The maximum Gasteiger partial charge on any atom is 0.417 e. The summed E-state index contributed by atoms with van der Waals surface area (Å²) in [7, 11) is 0. The lowest BCUT2D eigenvalue weighted by Crippen LogP contribution is -2.16. The fraction of sp³-hybridized carbons (Fsp3) is 0.0500. The lowest BCUT2D eigenvalue weighted by atomic mass is 10.3. The molecule has 1 aromatic heterocycles. The molecule has 0 spiro atoms. The van der Waals surface area contributed by atoms with Crippen molar-refractivity contribution in [3.8, 4) is 18.1 Å². The summed E-state index contributed by atoms with van der Waals surface area (Å²) in [4.78, 5) is 20.5. The van der Waals surface area contributed by atoms with Crippen LogP contribution in [-0.4, -0.2) is 22.6 Å². The van der Waals surface area contributed by atoms with E-state index >= 15 is 0 Å². The van der Waals surface area contributed by atoms with Crippen molar-refractivity contribution in [1.82, 2.24) is 9.97 Å². The standard InChI is InChI=1S/C20H16BrN5O2/c1-2-12-22-18-17(21)13-23-19(26-18)24-14-8-10-15(11-9-14)25-20(27)28-16-6-4-3-5-7-16/h1,3-11,13H,12H2,(H,25,27)(H2,22,23,24,26). The van der Waals surface area contributed by atoms with Gasteiger partial charge in [0.25, 0.3) is 0 Å². The van der Waals surface area contributed by atoms with Gasteiger partial charge in [-0.2, -0.15) is 4.98 Å². The van der Waals surface area contributed by atoms with E-state index in [1.807, 2.05) is 6.07 Å². The van der Waals surface area contributed by atoms with Crippen LogP contribution in [-0.2, 0) is 0 Å². The van der Waals surface area contributed by atoms with E-state index in [1.54, 1.807) is 54.7 Å². The summed E-state index contributed by atoms with van der Waals surface area (Å²) in [5.41, 5.74) is 1.35. The molecule has 1 amide bonds. The molecule has 0 atom stereocenters. The number of anilines is 4. The highest BCUT2D eigenvalue weighted by molar-refractivity contribution is 9.10. The van der Waals surface area contributed by atoms with E-state index in [2.05, 4.69) is 47.8 Å². The molecule has 2 aromatic carbocycles. The number of ether oxygens (including phenoxy) is 1. The summed E-state index contributed by atoms with van der Waals surface area (Å²) in [6.45, 7) is 0.356. The summed E-state index contributed by atoms with van der Waals surface area (Å²) in [6.07, 6.45) is 6.32. The topological polar surface area (TPSA) is 88.2 Å². The maximum atomic E-state index is 11.9. The van der Waals surface area contributed by atoms with Gasteiger partial charge in [0, 0.05) is 17.6 Å². The van der Waals surface area contributed by atoms with Crippen molar-refractivity contribution in [2.75, 3.05) is 22.5 Å². The zero-order chi connectivity index (χ0) is 19.8. The minimum Gasteiger partial charge on any atom is -0.410 e. The molecule has 8 heteroatoms. The molecule has 7 nitrogen and oxygen atoms in total. The van der Waals surface area contributed by atoms with Gasteiger partial charge < -0.3 is 15.4 Å². The fourth-order valence-corrected chi connectivity index (χ4v) is 2.52. The van der Waals surface area contributed by atoms with Crippen LogP contribution in [0.5, 0.6) is 5.75 Å². The molecule has 0 saturated carbocycles. The third kappa shape index (κ3) is 5.46. The zero-order valence-electron chi connectivity index (χ0n) is 14.6. The van der Waals surface area contributed by atoms with Gasteiger partial charge in [0.2, 0.25) is 5.95 Å². The van der Waals surface area contributed by atoms with Gasteiger partial charge in [0.1, 0.15) is 11.6 Å². The van der Waals surface area contributed by atoms with E-state index in [1.165, 1.54) is 0 Å². The molecule has 140 valence electrons. The number of nitrogens with zero attached hydrogens (tertiary/aromatic N) is 2. The maximum absolute atomic E-state index is 11.9. The van der Waals surface area contributed by atoms with Crippen LogP contribution in [0.1, 0.15) is 0 Å². The van der Waals surface area contributed by atoms with Crippen LogP contribution in [0.25, 0.3) is 0 Å². The van der Waals surface area contributed by atoms with Gasteiger partial charge in [-0.1, -0.05) is 24.1 Å². The molecular formula is C20H16BrN5O2. The normalized spacial score (nSPS) is 9.86. The molecule has 0 aliphatic heterocycles. The quantitative estimate of drug-likeness (QED) is 0.486. The van der Waals surface area contributed by atoms with E-state index in [9.17, 15) is 4.79 Å². The van der Waals surface area contributed by atoms with Crippen LogP contribution in [0.2, 0.25) is 0 Å². The van der Waals surface area contributed by atoms with Gasteiger partial charge in [0.05, 0.1) is 11.0 Å². The summed E-state index contributed by atoms with van der Waals surface area (Å²) in [5, 5.41) is 8.76. The Morgan fingerprint density at radius 2 is 1.82 bits per heavy atom. The van der Waals surface area contributed by atoms with Gasteiger partial charge in [0.15, 0.2) is 0 Å². The summed E-state index contributed by atoms with van der Waals surface area (Å²) in [5.74, 6) is 3.97. The Bertz CT molecular complexity index is 988. The predicted molar refractivity (Wildman–Crippen MR) is 113 cm³/mol. The largest absolute Gasteiger partial charge is 0.417 e. The van der Waals surface area contributed by atoms with Crippen molar-refractivity contribution < 1.29 is 9.53 Å². The van der Waals surface area contributed by atoms with Gasteiger partial charge in [-0.25, -0.2) is 9.78 Å². The van der Waals surface area contributed by atoms with Crippen LogP contribution in [0.3, 0.4) is 0 Å². The lowest BCUT2D eigenvalue weighted by Gasteiger charge is -2.10. The Morgan fingerprint density at radius 1 is 1.11 bits per heavy atom. The molecule has 0 radical (unpaired) electrons. The third-order valence-electron chi connectivity index (χ3n) is 3.44. The molecule has 0 aliphatic carbocycles. The minimum absolute atomic E-state index is 0.356. The number of terminal acetylenes is 1. The number of carbonyl (C=O) groups is 1. The number of rotatable bonds is 6. The van der Waals surface area contributed by atoms with Gasteiger partial charge in [-0.3, -0.25) is 5.32 Å². The Morgan fingerprint density at radius 3 is 2.54 bits per heavy atom. The Balaban J connectivity index is 1.60. The zero-order valence-corrected chi connectivity index (χ0v) is 16.2. The molecular weight excluding hydrogens is 422 g/mol. The molecule has 0 bridgehead atoms. The lowest BCUT2D eigenvalue weighted by molar-refractivity contribution is 0.215.